The van der Waals surface area contributed by atoms with Crippen LogP contribution in [0.5, 0.6) is 0 Å². The van der Waals surface area contributed by atoms with Crippen LogP contribution in [0.25, 0.3) is 0 Å². The second-order valence-corrected chi connectivity index (χ2v) is 4.86. The molecule has 0 aromatic rings. The molecule has 8 heteroatoms. The summed E-state index contributed by atoms with van der Waals surface area (Å²) in [6.45, 7) is 3.59. The topological polar surface area (TPSA) is 125 Å². The van der Waals surface area contributed by atoms with E-state index in [9.17, 15) is 14.4 Å². The first-order valence-electron chi connectivity index (χ1n) is 6.77. The van der Waals surface area contributed by atoms with E-state index in [1.807, 2.05) is 0 Å². The summed E-state index contributed by atoms with van der Waals surface area (Å²) in [4.78, 5) is 35.3. The number of nitrogens with zero attached hydrogens (tertiary/aromatic N) is 1. The van der Waals surface area contributed by atoms with Gasteiger partial charge in [-0.05, 0) is 38.9 Å². The second-order valence-electron chi connectivity index (χ2n) is 4.86. The number of hydrogen-bond donors (Lipinski definition) is 4. The molecule has 114 valence electrons. The molecule has 1 atom stereocenters. The molecule has 1 rings (SSSR count). The molecule has 1 heterocycles. The van der Waals surface area contributed by atoms with Gasteiger partial charge in [-0.15, -0.1) is 0 Å². The lowest BCUT2D eigenvalue weighted by molar-refractivity contribution is -0.140. The van der Waals surface area contributed by atoms with E-state index in [2.05, 4.69) is 15.5 Å². The maximum atomic E-state index is 11.5. The van der Waals surface area contributed by atoms with Crippen LogP contribution in [0.2, 0.25) is 0 Å². The van der Waals surface area contributed by atoms with Crippen LogP contribution in [0.15, 0.2) is 0 Å². The van der Waals surface area contributed by atoms with Crippen LogP contribution >= 0.6 is 0 Å². The number of urea groups is 1. The van der Waals surface area contributed by atoms with Crippen LogP contribution in [-0.4, -0.2) is 60.1 Å². The van der Waals surface area contributed by atoms with E-state index >= 15 is 0 Å². The molecule has 0 aromatic carbocycles. The van der Waals surface area contributed by atoms with Crippen LogP contribution in [0, 0.1) is 0 Å². The Hall–Kier alpha value is -1.83. The molecular weight excluding hydrogens is 264 g/mol. The van der Waals surface area contributed by atoms with Gasteiger partial charge in [0, 0.05) is 6.54 Å². The standard InChI is InChI=1S/C12H22N4O4/c13-10(17)8-9(11(18)19)15-12(20)14-4-3-7-16-5-1-2-6-16/h9H,1-8H2,(H2,13,17)(H,18,19)(H2,14,15,20). The third kappa shape index (κ3) is 6.37. The average molecular weight is 286 g/mol. The number of carboxylic acids is 1. The van der Waals surface area contributed by atoms with E-state index in [1.54, 1.807) is 0 Å². The Labute approximate surface area is 117 Å². The fourth-order valence-electron chi connectivity index (χ4n) is 2.12. The highest BCUT2D eigenvalue weighted by Crippen LogP contribution is 2.06. The first kappa shape index (κ1) is 16.2. The number of nitrogens with one attached hydrogen (secondary N) is 2. The zero-order valence-electron chi connectivity index (χ0n) is 11.4. The molecule has 20 heavy (non-hydrogen) atoms. The second kappa shape index (κ2) is 8.36. The Morgan fingerprint density at radius 2 is 1.90 bits per heavy atom. The first-order chi connectivity index (χ1) is 9.49. The minimum Gasteiger partial charge on any atom is -0.480 e. The van der Waals surface area contributed by atoms with Crippen molar-refractivity contribution in [3.63, 3.8) is 0 Å². The molecule has 1 aliphatic rings. The predicted molar refractivity (Wildman–Crippen MR) is 72.1 cm³/mol. The van der Waals surface area contributed by atoms with Crippen LogP contribution in [-0.2, 0) is 9.59 Å². The minimum absolute atomic E-state index is 0.420. The van der Waals surface area contributed by atoms with E-state index in [1.165, 1.54) is 12.8 Å². The summed E-state index contributed by atoms with van der Waals surface area (Å²) >= 11 is 0. The SMILES string of the molecule is NC(=O)CC(NC(=O)NCCCN1CCCC1)C(=O)O. The third-order valence-corrected chi connectivity index (χ3v) is 3.14. The van der Waals surface area contributed by atoms with Gasteiger partial charge in [0.15, 0.2) is 0 Å². The quantitative estimate of drug-likeness (QED) is 0.430. The lowest BCUT2D eigenvalue weighted by Gasteiger charge is -2.16. The molecule has 0 saturated carbocycles. The number of aliphatic carboxylic acids is 1. The first-order valence-corrected chi connectivity index (χ1v) is 6.77. The van der Waals surface area contributed by atoms with Gasteiger partial charge in [0.1, 0.15) is 6.04 Å². The molecule has 1 fully saturated rings. The Balaban J connectivity index is 2.17. The molecule has 1 unspecified atom stereocenters. The highest BCUT2D eigenvalue weighted by atomic mass is 16.4. The molecule has 5 N–H and O–H groups in total. The summed E-state index contributed by atoms with van der Waals surface area (Å²) < 4.78 is 0. The van der Waals surface area contributed by atoms with Gasteiger partial charge in [-0.25, -0.2) is 9.59 Å². The molecule has 0 radical (unpaired) electrons. The Kier molecular flexibility index (Phi) is 6.78. The Morgan fingerprint density at radius 3 is 2.45 bits per heavy atom. The summed E-state index contributed by atoms with van der Waals surface area (Å²) in [5, 5.41) is 13.6. The summed E-state index contributed by atoms with van der Waals surface area (Å²) in [5.74, 6) is -2.05. The van der Waals surface area contributed by atoms with Crippen molar-refractivity contribution in [3.05, 3.63) is 0 Å². The molecule has 0 spiro atoms. The lowest BCUT2D eigenvalue weighted by atomic mass is 10.2. The number of primary amides is 1. The normalized spacial score (nSPS) is 16.6. The summed E-state index contributed by atoms with van der Waals surface area (Å²) in [7, 11) is 0. The van der Waals surface area contributed by atoms with Gasteiger partial charge in [-0.1, -0.05) is 0 Å². The number of likely N-dealkylation sites (tertiary alicyclic amines) is 1. The zero-order chi connectivity index (χ0) is 15.0. The van der Waals surface area contributed by atoms with Crippen molar-refractivity contribution < 1.29 is 19.5 Å². The number of hydrogen-bond acceptors (Lipinski definition) is 4. The monoisotopic (exact) mass is 286 g/mol. The van der Waals surface area contributed by atoms with Gasteiger partial charge in [0.2, 0.25) is 5.91 Å². The van der Waals surface area contributed by atoms with Crippen molar-refractivity contribution >= 4 is 17.9 Å². The molecule has 1 saturated heterocycles. The summed E-state index contributed by atoms with van der Waals surface area (Å²) in [6, 6.07) is -1.88. The number of amides is 3. The molecule has 0 aliphatic carbocycles. The number of carbonyl (C=O) groups excluding carboxylic acids is 2. The van der Waals surface area contributed by atoms with Gasteiger partial charge in [-0.2, -0.15) is 0 Å². The molecule has 0 aromatic heterocycles. The van der Waals surface area contributed by atoms with Gasteiger partial charge in [0.25, 0.3) is 0 Å². The van der Waals surface area contributed by atoms with E-state index in [0.717, 1.165) is 26.1 Å². The Morgan fingerprint density at radius 1 is 1.25 bits per heavy atom. The maximum Gasteiger partial charge on any atom is 0.326 e. The lowest BCUT2D eigenvalue weighted by Crippen LogP contribution is -2.48. The van der Waals surface area contributed by atoms with Gasteiger partial charge >= 0.3 is 12.0 Å². The van der Waals surface area contributed by atoms with Gasteiger partial charge < -0.3 is 26.4 Å². The van der Waals surface area contributed by atoms with Crippen molar-refractivity contribution in [1.29, 1.82) is 0 Å². The fourth-order valence-corrected chi connectivity index (χ4v) is 2.12. The fraction of sp³-hybridized carbons (Fsp3) is 0.750. The zero-order valence-corrected chi connectivity index (χ0v) is 11.4. The minimum atomic E-state index is -1.29. The number of nitrogens with two attached hydrogens (primary N) is 1. The third-order valence-electron chi connectivity index (χ3n) is 3.14. The van der Waals surface area contributed by atoms with E-state index < -0.39 is 30.4 Å². The molecule has 8 nitrogen and oxygen atoms in total. The largest absolute Gasteiger partial charge is 0.480 e. The highest BCUT2D eigenvalue weighted by Gasteiger charge is 2.21. The number of carbonyl (C=O) groups is 3. The number of carboxylic acid groups (broad SMARTS) is 1. The van der Waals surface area contributed by atoms with Gasteiger partial charge in [-0.3, -0.25) is 4.79 Å². The van der Waals surface area contributed by atoms with Crippen molar-refractivity contribution in [1.82, 2.24) is 15.5 Å². The highest BCUT2D eigenvalue weighted by molar-refractivity contribution is 5.87. The summed E-state index contributed by atoms with van der Waals surface area (Å²) in [5.41, 5.74) is 4.92. The molecule has 3 amide bonds. The summed E-state index contributed by atoms with van der Waals surface area (Å²) in [6.07, 6.45) is 2.83. The molecule has 1 aliphatic heterocycles. The van der Waals surface area contributed by atoms with Crippen LogP contribution in [0.1, 0.15) is 25.7 Å². The van der Waals surface area contributed by atoms with E-state index in [-0.39, 0.29) is 0 Å². The van der Waals surface area contributed by atoms with Crippen LogP contribution < -0.4 is 16.4 Å². The van der Waals surface area contributed by atoms with Crippen molar-refractivity contribution in [2.75, 3.05) is 26.2 Å². The smallest absolute Gasteiger partial charge is 0.326 e. The van der Waals surface area contributed by atoms with E-state index in [4.69, 9.17) is 10.8 Å². The van der Waals surface area contributed by atoms with Crippen molar-refractivity contribution in [2.45, 2.75) is 31.7 Å². The predicted octanol–water partition coefficient (Wildman–Crippen LogP) is -0.900. The number of rotatable bonds is 8. The average Bonchev–Trinajstić information content (AvgIpc) is 2.86. The van der Waals surface area contributed by atoms with Crippen LogP contribution in [0.3, 0.4) is 0 Å². The van der Waals surface area contributed by atoms with E-state index in [0.29, 0.717) is 6.54 Å². The molecular formula is C12H22N4O4. The van der Waals surface area contributed by atoms with Crippen LogP contribution in [0.4, 0.5) is 4.79 Å². The van der Waals surface area contributed by atoms with Gasteiger partial charge in [0.05, 0.1) is 6.42 Å². The van der Waals surface area contributed by atoms with Crippen molar-refractivity contribution in [3.8, 4) is 0 Å². The Bertz CT molecular complexity index is 355. The maximum absolute atomic E-state index is 11.5. The van der Waals surface area contributed by atoms with Crippen molar-refractivity contribution in [2.24, 2.45) is 5.73 Å². The molecule has 0 bridgehead atoms.